The van der Waals surface area contributed by atoms with E-state index in [4.69, 9.17) is 9.66 Å². The summed E-state index contributed by atoms with van der Waals surface area (Å²) in [7, 11) is -4.45. The molecule has 1 fully saturated rings. The van der Waals surface area contributed by atoms with Gasteiger partial charge < -0.3 is 5.11 Å². The van der Waals surface area contributed by atoms with E-state index in [0.29, 0.717) is 0 Å². The van der Waals surface area contributed by atoms with Gasteiger partial charge in [0, 0.05) is 5.69 Å². The van der Waals surface area contributed by atoms with Gasteiger partial charge >= 0.3 is 5.97 Å². The monoisotopic (exact) mass is 303 g/mol. The number of amides is 1. The van der Waals surface area contributed by atoms with Gasteiger partial charge in [0.15, 0.2) is 0 Å². The average Bonchev–Trinajstić information content (AvgIpc) is 2.71. The number of hydrogen-bond acceptors (Lipinski definition) is 5. The molecule has 7 nitrogen and oxygen atoms in total. The number of thioether (sulfide) groups is 1. The lowest BCUT2D eigenvalue weighted by atomic mass is 10.2. The van der Waals surface area contributed by atoms with Crippen molar-refractivity contribution in [3.05, 3.63) is 29.8 Å². The third kappa shape index (κ3) is 2.72. The van der Waals surface area contributed by atoms with Crippen molar-refractivity contribution in [3.8, 4) is 0 Å². The summed E-state index contributed by atoms with van der Waals surface area (Å²) in [5.41, 5.74) is 0.0498. The van der Waals surface area contributed by atoms with E-state index >= 15 is 0 Å². The molecule has 19 heavy (non-hydrogen) atoms. The van der Waals surface area contributed by atoms with Crippen LogP contribution in [-0.2, 0) is 14.9 Å². The summed E-state index contributed by atoms with van der Waals surface area (Å²) in [4.78, 5) is 23.4. The van der Waals surface area contributed by atoms with Crippen LogP contribution >= 0.6 is 11.8 Å². The van der Waals surface area contributed by atoms with Crippen LogP contribution in [-0.4, -0.2) is 40.4 Å². The van der Waals surface area contributed by atoms with Crippen molar-refractivity contribution in [2.45, 2.75) is 4.71 Å². The second-order valence-corrected chi connectivity index (χ2v) is 6.60. The molecule has 2 rings (SSSR count). The molecule has 0 spiro atoms. The van der Waals surface area contributed by atoms with Crippen LogP contribution in [0.1, 0.15) is 10.4 Å². The van der Waals surface area contributed by atoms with Crippen LogP contribution in [0.4, 0.5) is 5.69 Å². The number of nitrogens with zero attached hydrogens (tertiary/aromatic N) is 1. The Morgan fingerprint density at radius 1 is 1.42 bits per heavy atom. The molecule has 1 aromatic carbocycles. The summed E-state index contributed by atoms with van der Waals surface area (Å²) in [6.45, 7) is 0. The van der Waals surface area contributed by atoms with E-state index in [-0.39, 0.29) is 17.0 Å². The van der Waals surface area contributed by atoms with Crippen LogP contribution < -0.4 is 4.90 Å². The number of aromatic carboxylic acids is 1. The van der Waals surface area contributed by atoms with E-state index in [1.54, 1.807) is 0 Å². The number of carbonyl (C=O) groups is 2. The van der Waals surface area contributed by atoms with Gasteiger partial charge in [-0.1, -0.05) is 6.07 Å². The Kier molecular flexibility index (Phi) is 3.52. The van der Waals surface area contributed by atoms with Crippen molar-refractivity contribution in [1.82, 2.24) is 0 Å². The molecule has 0 aliphatic carbocycles. The minimum atomic E-state index is -4.45. The lowest BCUT2D eigenvalue weighted by molar-refractivity contribution is -0.115. The first-order chi connectivity index (χ1) is 8.80. The van der Waals surface area contributed by atoms with E-state index in [9.17, 15) is 18.0 Å². The maximum absolute atomic E-state index is 11.7. The molecule has 1 unspecified atom stereocenters. The Morgan fingerprint density at radius 3 is 2.68 bits per heavy atom. The predicted octanol–water partition coefficient (Wildman–Crippen LogP) is 0.636. The first-order valence-electron chi connectivity index (χ1n) is 5.04. The molecule has 2 N–H and O–H groups in total. The maximum atomic E-state index is 11.7. The fourth-order valence-electron chi connectivity index (χ4n) is 1.68. The van der Waals surface area contributed by atoms with Crippen LogP contribution in [0.25, 0.3) is 0 Å². The standard InChI is InChI=1S/C10H9NO6S2/c12-8-5-18-10(19(15,16)17)11(8)7-3-1-2-6(4-7)9(13)14/h1-4,10H,5H2,(H,13,14)(H,15,16,17). The maximum Gasteiger partial charge on any atom is 0.335 e. The number of carboxylic acid groups (broad SMARTS) is 1. The molecule has 1 saturated heterocycles. The quantitative estimate of drug-likeness (QED) is 0.788. The van der Waals surface area contributed by atoms with Crippen LogP contribution in [0.15, 0.2) is 24.3 Å². The SMILES string of the molecule is O=C(O)c1cccc(N2C(=O)CSC2S(=O)(=O)O)c1. The first kappa shape index (κ1) is 13.8. The summed E-state index contributed by atoms with van der Waals surface area (Å²) in [5, 5.41) is 8.87. The van der Waals surface area contributed by atoms with Gasteiger partial charge in [-0.05, 0) is 18.2 Å². The second kappa shape index (κ2) is 4.83. The normalized spacial score (nSPS) is 19.7. The van der Waals surface area contributed by atoms with Gasteiger partial charge in [0.05, 0.1) is 11.3 Å². The molecule has 102 valence electrons. The highest BCUT2D eigenvalue weighted by molar-refractivity contribution is 8.12. The molecule has 1 aromatic rings. The van der Waals surface area contributed by atoms with E-state index in [2.05, 4.69) is 0 Å². The molecular formula is C10H9NO6S2. The molecule has 1 aliphatic heterocycles. The second-order valence-electron chi connectivity index (χ2n) is 3.75. The highest BCUT2D eigenvalue weighted by Gasteiger charge is 2.41. The zero-order valence-electron chi connectivity index (χ0n) is 9.38. The molecule has 1 amide bonds. The van der Waals surface area contributed by atoms with Gasteiger partial charge in [-0.25, -0.2) is 4.79 Å². The van der Waals surface area contributed by atoms with Crippen LogP contribution in [0.2, 0.25) is 0 Å². The van der Waals surface area contributed by atoms with E-state index in [0.717, 1.165) is 16.7 Å². The van der Waals surface area contributed by atoms with E-state index < -0.39 is 26.7 Å². The van der Waals surface area contributed by atoms with Gasteiger partial charge in [-0.3, -0.25) is 14.2 Å². The molecule has 0 bridgehead atoms. The smallest absolute Gasteiger partial charge is 0.335 e. The van der Waals surface area contributed by atoms with Gasteiger partial charge in [0.1, 0.15) is 0 Å². The average molecular weight is 303 g/mol. The summed E-state index contributed by atoms with van der Waals surface area (Å²) >= 11 is 0.766. The molecule has 0 saturated carbocycles. The Labute approximate surface area is 113 Å². The van der Waals surface area contributed by atoms with Gasteiger partial charge in [-0.2, -0.15) is 8.42 Å². The van der Waals surface area contributed by atoms with Crippen LogP contribution in [0.3, 0.4) is 0 Å². The summed E-state index contributed by atoms with van der Waals surface area (Å²) in [6.07, 6.45) is 0. The third-order valence-electron chi connectivity index (χ3n) is 2.45. The molecule has 0 radical (unpaired) electrons. The van der Waals surface area contributed by atoms with Crippen molar-refractivity contribution >= 4 is 39.4 Å². The molecule has 1 heterocycles. The molecule has 0 aromatic heterocycles. The summed E-state index contributed by atoms with van der Waals surface area (Å²) in [6, 6.07) is 5.32. The molecular weight excluding hydrogens is 294 g/mol. The van der Waals surface area contributed by atoms with Gasteiger partial charge in [0.25, 0.3) is 10.1 Å². The zero-order chi connectivity index (χ0) is 14.2. The lowest BCUT2D eigenvalue weighted by Crippen LogP contribution is -2.37. The lowest BCUT2D eigenvalue weighted by Gasteiger charge is -2.21. The highest BCUT2D eigenvalue weighted by Crippen LogP contribution is 2.33. The van der Waals surface area contributed by atoms with Gasteiger partial charge in [-0.15, -0.1) is 11.8 Å². The molecule has 1 atom stereocenters. The third-order valence-corrected chi connectivity index (χ3v) is 5.22. The minimum absolute atomic E-state index is 0.0729. The molecule has 9 heteroatoms. The minimum Gasteiger partial charge on any atom is -0.478 e. The first-order valence-corrected chi connectivity index (χ1v) is 7.59. The number of anilines is 1. The van der Waals surface area contributed by atoms with Crippen molar-refractivity contribution in [2.75, 3.05) is 10.7 Å². The number of carboxylic acids is 1. The number of hydrogen-bond donors (Lipinski definition) is 2. The van der Waals surface area contributed by atoms with Crippen molar-refractivity contribution in [1.29, 1.82) is 0 Å². The van der Waals surface area contributed by atoms with Crippen LogP contribution in [0, 0.1) is 0 Å². The Bertz CT molecular complexity index is 641. The topological polar surface area (TPSA) is 112 Å². The van der Waals surface area contributed by atoms with E-state index in [1.807, 2.05) is 0 Å². The largest absolute Gasteiger partial charge is 0.478 e. The Hall–Kier alpha value is -1.58. The number of benzene rings is 1. The predicted molar refractivity (Wildman–Crippen MR) is 68.7 cm³/mol. The van der Waals surface area contributed by atoms with Gasteiger partial charge in [0.2, 0.25) is 10.6 Å². The van der Waals surface area contributed by atoms with Crippen molar-refractivity contribution in [3.63, 3.8) is 0 Å². The fourth-order valence-corrected chi connectivity index (χ4v) is 3.89. The summed E-state index contributed by atoms with van der Waals surface area (Å²) < 4.78 is 30.1. The van der Waals surface area contributed by atoms with E-state index in [1.165, 1.54) is 24.3 Å². The van der Waals surface area contributed by atoms with Crippen molar-refractivity contribution in [2.24, 2.45) is 0 Å². The highest BCUT2D eigenvalue weighted by atomic mass is 32.3. The summed E-state index contributed by atoms with van der Waals surface area (Å²) in [5.74, 6) is -1.79. The van der Waals surface area contributed by atoms with Crippen LogP contribution in [0.5, 0.6) is 0 Å². The zero-order valence-corrected chi connectivity index (χ0v) is 11.0. The Balaban J connectivity index is 2.46. The fraction of sp³-hybridized carbons (Fsp3) is 0.200. The number of rotatable bonds is 3. The number of carbonyl (C=O) groups excluding carboxylic acids is 1. The van der Waals surface area contributed by atoms with Crippen molar-refractivity contribution < 1.29 is 27.7 Å². The molecule has 1 aliphatic rings. The Morgan fingerprint density at radius 2 is 2.11 bits per heavy atom.